The van der Waals surface area contributed by atoms with E-state index in [2.05, 4.69) is 0 Å². The van der Waals surface area contributed by atoms with E-state index in [9.17, 15) is 9.59 Å². The van der Waals surface area contributed by atoms with Crippen molar-refractivity contribution in [1.29, 1.82) is 0 Å². The number of hydrogen-bond donors (Lipinski definition) is 1. The first kappa shape index (κ1) is 14.1. The first-order chi connectivity index (χ1) is 8.90. The number of rotatable bonds is 3. The second-order valence-corrected chi connectivity index (χ2v) is 6.60. The number of halogens is 1. The molecule has 1 aromatic rings. The van der Waals surface area contributed by atoms with E-state index in [1.807, 2.05) is 6.07 Å². The summed E-state index contributed by atoms with van der Waals surface area (Å²) in [4.78, 5) is 25.5. The summed E-state index contributed by atoms with van der Waals surface area (Å²) in [6.07, 6.45) is 3.66. The minimum absolute atomic E-state index is 0.158. The van der Waals surface area contributed by atoms with E-state index in [-0.39, 0.29) is 12.5 Å². The van der Waals surface area contributed by atoms with Crippen LogP contribution in [-0.2, 0) is 9.59 Å². The van der Waals surface area contributed by atoms with E-state index in [4.69, 9.17) is 16.7 Å². The Morgan fingerprint density at radius 1 is 1.53 bits per heavy atom. The van der Waals surface area contributed by atoms with Crippen LogP contribution in [0.5, 0.6) is 0 Å². The van der Waals surface area contributed by atoms with Crippen molar-refractivity contribution in [2.24, 2.45) is 5.41 Å². The maximum Gasteiger partial charge on any atom is 0.311 e. The third-order valence-electron chi connectivity index (χ3n) is 3.29. The van der Waals surface area contributed by atoms with Crippen LogP contribution < -0.4 is 0 Å². The van der Waals surface area contributed by atoms with E-state index in [1.165, 1.54) is 17.4 Å². The van der Waals surface area contributed by atoms with Gasteiger partial charge in [0, 0.05) is 24.0 Å². The van der Waals surface area contributed by atoms with E-state index >= 15 is 0 Å². The SMILES string of the molecule is C[C@@]1(C(=O)O)CCN(C(=O)/C=C\c2ccc(Cl)s2)C1. The van der Waals surface area contributed by atoms with Crippen molar-refractivity contribution < 1.29 is 14.7 Å². The Morgan fingerprint density at radius 3 is 2.79 bits per heavy atom. The third-order valence-corrected chi connectivity index (χ3v) is 4.48. The third kappa shape index (κ3) is 3.16. The first-order valence-corrected chi connectivity index (χ1v) is 7.06. The fourth-order valence-electron chi connectivity index (χ4n) is 2.00. The van der Waals surface area contributed by atoms with Gasteiger partial charge in [0.25, 0.3) is 0 Å². The highest BCUT2D eigenvalue weighted by Gasteiger charge is 2.41. The smallest absolute Gasteiger partial charge is 0.311 e. The highest BCUT2D eigenvalue weighted by molar-refractivity contribution is 7.17. The topological polar surface area (TPSA) is 57.6 Å². The largest absolute Gasteiger partial charge is 0.481 e. The van der Waals surface area contributed by atoms with Crippen LogP contribution in [0, 0.1) is 5.41 Å². The zero-order valence-electron chi connectivity index (χ0n) is 10.4. The van der Waals surface area contributed by atoms with Crippen molar-refractivity contribution in [3.05, 3.63) is 27.4 Å². The number of thiophene rings is 1. The normalized spacial score (nSPS) is 23.2. The Labute approximate surface area is 120 Å². The Bertz CT molecular complexity index is 540. The second-order valence-electron chi connectivity index (χ2n) is 4.85. The van der Waals surface area contributed by atoms with Crippen LogP contribution in [0.4, 0.5) is 0 Å². The molecule has 1 aromatic heterocycles. The van der Waals surface area contributed by atoms with Gasteiger partial charge in [-0.05, 0) is 31.6 Å². The summed E-state index contributed by atoms with van der Waals surface area (Å²) in [5, 5.41) is 9.11. The van der Waals surface area contributed by atoms with Gasteiger partial charge in [0.05, 0.1) is 9.75 Å². The van der Waals surface area contributed by atoms with Gasteiger partial charge < -0.3 is 10.0 Å². The first-order valence-electron chi connectivity index (χ1n) is 5.86. The minimum Gasteiger partial charge on any atom is -0.481 e. The Balaban J connectivity index is 1.99. The second kappa shape index (κ2) is 5.35. The lowest BCUT2D eigenvalue weighted by molar-refractivity contribution is -0.147. The molecule has 1 saturated heterocycles. The maximum atomic E-state index is 12.0. The van der Waals surface area contributed by atoms with Crippen molar-refractivity contribution in [2.45, 2.75) is 13.3 Å². The van der Waals surface area contributed by atoms with Crippen LogP contribution in [0.3, 0.4) is 0 Å². The Kier molecular flexibility index (Phi) is 3.96. The molecule has 4 nitrogen and oxygen atoms in total. The monoisotopic (exact) mass is 299 g/mol. The number of carboxylic acid groups (broad SMARTS) is 1. The molecule has 1 aliphatic heterocycles. The summed E-state index contributed by atoms with van der Waals surface area (Å²) >= 11 is 7.19. The zero-order valence-corrected chi connectivity index (χ0v) is 12.0. The van der Waals surface area contributed by atoms with E-state index in [0.29, 0.717) is 17.3 Å². The van der Waals surface area contributed by atoms with Crippen molar-refractivity contribution in [3.63, 3.8) is 0 Å². The fraction of sp³-hybridized carbons (Fsp3) is 0.385. The molecule has 2 heterocycles. The van der Waals surface area contributed by atoms with Gasteiger partial charge in [0.2, 0.25) is 5.91 Å². The van der Waals surface area contributed by atoms with Gasteiger partial charge in [-0.15, -0.1) is 11.3 Å². The highest BCUT2D eigenvalue weighted by Crippen LogP contribution is 2.30. The zero-order chi connectivity index (χ0) is 14.0. The predicted octanol–water partition coefficient (Wildman–Crippen LogP) is 2.74. The number of likely N-dealkylation sites (tertiary alicyclic amines) is 1. The van der Waals surface area contributed by atoms with Crippen LogP contribution in [0.1, 0.15) is 18.2 Å². The molecule has 1 amide bonds. The molecular weight excluding hydrogens is 286 g/mol. The number of hydrogen-bond acceptors (Lipinski definition) is 3. The van der Waals surface area contributed by atoms with E-state index in [0.717, 1.165) is 4.88 Å². The average Bonchev–Trinajstić information content (AvgIpc) is 2.94. The van der Waals surface area contributed by atoms with Gasteiger partial charge in [-0.3, -0.25) is 9.59 Å². The molecule has 1 aliphatic rings. The maximum absolute atomic E-state index is 12.0. The molecule has 0 saturated carbocycles. The summed E-state index contributed by atoms with van der Waals surface area (Å²) < 4.78 is 0.673. The molecule has 0 aliphatic carbocycles. The fourth-order valence-corrected chi connectivity index (χ4v) is 2.96. The number of nitrogens with zero attached hydrogens (tertiary/aromatic N) is 1. The molecule has 2 rings (SSSR count). The average molecular weight is 300 g/mol. The lowest BCUT2D eigenvalue weighted by Gasteiger charge is -2.18. The van der Waals surface area contributed by atoms with Crippen molar-refractivity contribution in [3.8, 4) is 0 Å². The molecule has 102 valence electrons. The predicted molar refractivity (Wildman–Crippen MR) is 75.3 cm³/mol. The van der Waals surface area contributed by atoms with Gasteiger partial charge in [-0.25, -0.2) is 0 Å². The van der Waals surface area contributed by atoms with Crippen LogP contribution in [0.25, 0.3) is 6.08 Å². The van der Waals surface area contributed by atoms with Gasteiger partial charge in [-0.2, -0.15) is 0 Å². The van der Waals surface area contributed by atoms with Gasteiger partial charge in [0.1, 0.15) is 0 Å². The highest BCUT2D eigenvalue weighted by atomic mass is 35.5. The summed E-state index contributed by atoms with van der Waals surface area (Å²) in [5.74, 6) is -1.01. The standard InChI is InChI=1S/C13H14ClNO3S/c1-13(12(17)18)6-7-15(8-13)11(16)5-3-9-2-4-10(14)19-9/h2-5H,6-8H2,1H3,(H,17,18)/b5-3-/t13-/m1/s1. The van der Waals surface area contributed by atoms with E-state index < -0.39 is 11.4 Å². The Morgan fingerprint density at radius 2 is 2.26 bits per heavy atom. The number of carbonyl (C=O) groups excluding carboxylic acids is 1. The number of aliphatic carboxylic acids is 1. The molecule has 1 fully saturated rings. The molecule has 0 radical (unpaired) electrons. The van der Waals surface area contributed by atoms with Gasteiger partial charge >= 0.3 is 5.97 Å². The molecule has 1 atom stereocenters. The van der Waals surface area contributed by atoms with E-state index in [1.54, 1.807) is 24.0 Å². The summed E-state index contributed by atoms with van der Waals surface area (Å²) in [7, 11) is 0. The summed E-state index contributed by atoms with van der Waals surface area (Å²) in [6.45, 7) is 2.42. The molecule has 0 bridgehead atoms. The molecule has 0 spiro atoms. The van der Waals surface area contributed by atoms with Crippen LogP contribution in [0.2, 0.25) is 4.34 Å². The molecule has 0 unspecified atom stereocenters. The van der Waals surface area contributed by atoms with Crippen molar-refractivity contribution in [1.82, 2.24) is 4.90 Å². The Hall–Kier alpha value is -1.33. The quantitative estimate of drug-likeness (QED) is 0.873. The summed E-state index contributed by atoms with van der Waals surface area (Å²) in [6, 6.07) is 3.61. The van der Waals surface area contributed by atoms with Crippen LogP contribution >= 0.6 is 22.9 Å². The lowest BCUT2D eigenvalue weighted by atomic mass is 9.90. The van der Waals surface area contributed by atoms with Gasteiger partial charge in [-0.1, -0.05) is 11.6 Å². The molecule has 19 heavy (non-hydrogen) atoms. The van der Waals surface area contributed by atoms with Crippen LogP contribution in [-0.4, -0.2) is 35.0 Å². The molecular formula is C13H14ClNO3S. The van der Waals surface area contributed by atoms with Gasteiger partial charge in [0.15, 0.2) is 0 Å². The number of amides is 1. The van der Waals surface area contributed by atoms with Crippen molar-refractivity contribution in [2.75, 3.05) is 13.1 Å². The minimum atomic E-state index is -0.850. The summed E-state index contributed by atoms with van der Waals surface area (Å²) in [5.41, 5.74) is -0.824. The molecule has 0 aromatic carbocycles. The number of carboxylic acids is 1. The van der Waals surface area contributed by atoms with Crippen LogP contribution in [0.15, 0.2) is 18.2 Å². The lowest BCUT2D eigenvalue weighted by Crippen LogP contribution is -2.34. The molecule has 1 N–H and O–H groups in total. The number of carbonyl (C=O) groups is 2. The van der Waals surface area contributed by atoms with Crippen molar-refractivity contribution >= 4 is 40.9 Å². The molecule has 6 heteroatoms.